The molecule has 0 atom stereocenters. The largest absolute Gasteiger partial charge is 0.394 e. The summed E-state index contributed by atoms with van der Waals surface area (Å²) in [5.74, 6) is -1.97. The molecule has 1 aromatic carbocycles. The van der Waals surface area contributed by atoms with Crippen LogP contribution >= 0.6 is 0 Å². The second kappa shape index (κ2) is 5.05. The summed E-state index contributed by atoms with van der Waals surface area (Å²) >= 11 is 0. The van der Waals surface area contributed by atoms with Crippen molar-refractivity contribution >= 4 is 17.4 Å². The Bertz CT molecular complexity index is 604. The van der Waals surface area contributed by atoms with Crippen molar-refractivity contribution in [1.82, 2.24) is 10.2 Å². The predicted octanol–water partition coefficient (Wildman–Crippen LogP) is 1.76. The van der Waals surface area contributed by atoms with Crippen molar-refractivity contribution < 1.29 is 13.6 Å². The molecule has 19 heavy (non-hydrogen) atoms. The summed E-state index contributed by atoms with van der Waals surface area (Å²) in [6.45, 7) is 1.69. The summed E-state index contributed by atoms with van der Waals surface area (Å²) in [6.07, 6.45) is -0.427. The summed E-state index contributed by atoms with van der Waals surface area (Å²) in [5, 5.41) is 8.76. The van der Waals surface area contributed by atoms with Crippen molar-refractivity contribution in [1.29, 1.82) is 0 Å². The molecule has 7 heteroatoms. The lowest BCUT2D eigenvalue weighted by molar-refractivity contribution is -0.115. The number of nitrogens with two attached hydrogens (primary N) is 1. The van der Waals surface area contributed by atoms with Gasteiger partial charge < -0.3 is 11.1 Å². The van der Waals surface area contributed by atoms with Gasteiger partial charge in [-0.1, -0.05) is 6.07 Å². The average Bonchev–Trinajstić information content (AvgIpc) is 2.66. The molecule has 1 aromatic heterocycles. The summed E-state index contributed by atoms with van der Waals surface area (Å²) in [6, 6.07) is 3.43. The molecule has 0 radical (unpaired) electrons. The molecule has 0 bridgehead atoms. The predicted molar refractivity (Wildman–Crippen MR) is 66.4 cm³/mol. The van der Waals surface area contributed by atoms with E-state index in [9.17, 15) is 13.6 Å². The van der Waals surface area contributed by atoms with Crippen molar-refractivity contribution in [2.24, 2.45) is 0 Å². The number of H-pyrrole nitrogens is 1. The second-order valence-electron chi connectivity index (χ2n) is 4.04. The van der Waals surface area contributed by atoms with E-state index in [4.69, 9.17) is 5.73 Å². The van der Waals surface area contributed by atoms with Crippen molar-refractivity contribution in [2.75, 3.05) is 11.1 Å². The number of hydrogen-bond acceptors (Lipinski definition) is 3. The lowest BCUT2D eigenvalue weighted by Crippen LogP contribution is -2.17. The van der Waals surface area contributed by atoms with E-state index in [0.29, 0.717) is 11.4 Å². The van der Waals surface area contributed by atoms with E-state index in [-0.39, 0.29) is 11.4 Å². The molecule has 0 aliphatic heterocycles. The molecule has 2 aromatic rings. The molecule has 0 fully saturated rings. The molecular weight excluding hydrogens is 254 g/mol. The Kier molecular flexibility index (Phi) is 3.46. The molecule has 1 heterocycles. The number of carbonyl (C=O) groups excluding carboxylic acids is 1. The number of nitrogens with one attached hydrogen (secondary N) is 2. The van der Waals surface area contributed by atoms with Crippen molar-refractivity contribution in [3.05, 3.63) is 41.1 Å². The minimum absolute atomic E-state index is 0.152. The molecule has 0 spiro atoms. The first-order valence-electron chi connectivity index (χ1n) is 5.52. The van der Waals surface area contributed by atoms with E-state index in [2.05, 4.69) is 15.5 Å². The molecule has 0 saturated heterocycles. The van der Waals surface area contributed by atoms with Gasteiger partial charge in [0.25, 0.3) is 0 Å². The SMILES string of the molecule is Cc1[nH]nc(NC(=O)Cc2c(F)cccc2F)c1N. The number of anilines is 2. The highest BCUT2D eigenvalue weighted by molar-refractivity contribution is 5.94. The fourth-order valence-electron chi connectivity index (χ4n) is 1.57. The Morgan fingerprint density at radius 2 is 2.05 bits per heavy atom. The molecule has 4 N–H and O–H groups in total. The van der Waals surface area contributed by atoms with Gasteiger partial charge in [0.15, 0.2) is 5.82 Å². The van der Waals surface area contributed by atoms with Crippen LogP contribution < -0.4 is 11.1 Å². The van der Waals surface area contributed by atoms with Gasteiger partial charge in [0, 0.05) is 5.56 Å². The topological polar surface area (TPSA) is 83.8 Å². The Hall–Kier alpha value is -2.44. The van der Waals surface area contributed by atoms with Crippen LogP contribution in [0.1, 0.15) is 11.3 Å². The van der Waals surface area contributed by atoms with Crippen molar-refractivity contribution in [3.8, 4) is 0 Å². The molecule has 2 rings (SSSR count). The van der Waals surface area contributed by atoms with Gasteiger partial charge in [0.1, 0.15) is 11.6 Å². The quantitative estimate of drug-likeness (QED) is 0.791. The van der Waals surface area contributed by atoms with Crippen LogP contribution in [0.5, 0.6) is 0 Å². The fraction of sp³-hybridized carbons (Fsp3) is 0.167. The molecule has 0 saturated carbocycles. The lowest BCUT2D eigenvalue weighted by atomic mass is 10.1. The van der Waals surface area contributed by atoms with Gasteiger partial charge in [0.2, 0.25) is 5.91 Å². The zero-order chi connectivity index (χ0) is 14.0. The van der Waals surface area contributed by atoms with E-state index in [1.54, 1.807) is 6.92 Å². The van der Waals surface area contributed by atoms with E-state index in [1.807, 2.05) is 0 Å². The minimum Gasteiger partial charge on any atom is -0.394 e. The fourth-order valence-corrected chi connectivity index (χ4v) is 1.57. The maximum absolute atomic E-state index is 13.4. The smallest absolute Gasteiger partial charge is 0.230 e. The van der Waals surface area contributed by atoms with E-state index >= 15 is 0 Å². The van der Waals surface area contributed by atoms with Crippen LogP contribution in [0.4, 0.5) is 20.3 Å². The molecule has 100 valence electrons. The first-order chi connectivity index (χ1) is 8.99. The van der Waals surface area contributed by atoms with Crippen LogP contribution in [0.15, 0.2) is 18.2 Å². The van der Waals surface area contributed by atoms with Gasteiger partial charge in [-0.05, 0) is 19.1 Å². The lowest BCUT2D eigenvalue weighted by Gasteiger charge is -2.05. The zero-order valence-electron chi connectivity index (χ0n) is 10.1. The van der Waals surface area contributed by atoms with Crippen LogP contribution in [0.25, 0.3) is 0 Å². The highest BCUT2D eigenvalue weighted by atomic mass is 19.1. The van der Waals surface area contributed by atoms with Crippen molar-refractivity contribution in [3.63, 3.8) is 0 Å². The van der Waals surface area contributed by atoms with Gasteiger partial charge in [-0.25, -0.2) is 8.78 Å². The normalized spacial score (nSPS) is 10.5. The molecule has 1 amide bonds. The number of nitrogen functional groups attached to an aromatic ring is 1. The summed E-state index contributed by atoms with van der Waals surface area (Å²) < 4.78 is 26.7. The number of amides is 1. The van der Waals surface area contributed by atoms with Crippen LogP contribution in [0, 0.1) is 18.6 Å². The van der Waals surface area contributed by atoms with Gasteiger partial charge in [-0.2, -0.15) is 5.10 Å². The number of carbonyl (C=O) groups is 1. The molecule has 0 aliphatic carbocycles. The number of aryl methyl sites for hydroxylation is 1. The number of rotatable bonds is 3. The van der Waals surface area contributed by atoms with E-state index < -0.39 is 24.0 Å². The van der Waals surface area contributed by atoms with Gasteiger partial charge >= 0.3 is 0 Å². The summed E-state index contributed by atoms with van der Waals surface area (Å²) in [5.41, 5.74) is 6.26. The third-order valence-corrected chi connectivity index (χ3v) is 2.65. The third kappa shape index (κ3) is 2.70. The monoisotopic (exact) mass is 266 g/mol. The number of aromatic amines is 1. The third-order valence-electron chi connectivity index (χ3n) is 2.65. The zero-order valence-corrected chi connectivity index (χ0v) is 10.1. The number of aromatic nitrogens is 2. The highest BCUT2D eigenvalue weighted by Gasteiger charge is 2.15. The second-order valence-corrected chi connectivity index (χ2v) is 4.04. The number of nitrogens with zero attached hydrogens (tertiary/aromatic N) is 1. The van der Waals surface area contributed by atoms with Crippen molar-refractivity contribution in [2.45, 2.75) is 13.3 Å². The maximum Gasteiger partial charge on any atom is 0.230 e. The highest BCUT2D eigenvalue weighted by Crippen LogP contribution is 2.19. The minimum atomic E-state index is -0.763. The van der Waals surface area contributed by atoms with Crippen LogP contribution in [0.3, 0.4) is 0 Å². The Morgan fingerprint density at radius 3 is 2.58 bits per heavy atom. The maximum atomic E-state index is 13.4. The van der Waals surface area contributed by atoms with Crippen LogP contribution in [0.2, 0.25) is 0 Å². The summed E-state index contributed by atoms with van der Waals surface area (Å²) in [7, 11) is 0. The first kappa shape index (κ1) is 13.0. The van der Waals surface area contributed by atoms with Crippen LogP contribution in [-0.4, -0.2) is 16.1 Å². The Labute approximate surface area is 107 Å². The number of halogens is 2. The number of hydrogen-bond donors (Lipinski definition) is 3. The van der Waals surface area contributed by atoms with Crippen LogP contribution in [-0.2, 0) is 11.2 Å². The molecular formula is C12H12F2N4O. The Balaban J connectivity index is 2.12. The first-order valence-corrected chi connectivity index (χ1v) is 5.52. The molecule has 5 nitrogen and oxygen atoms in total. The number of benzene rings is 1. The average molecular weight is 266 g/mol. The molecule has 0 aliphatic rings. The standard InChI is InChI=1S/C12H12F2N4O/c1-6-11(15)12(18-17-6)16-10(19)5-7-8(13)3-2-4-9(7)14/h2-4H,5,15H2,1H3,(H2,16,17,18,19). The Morgan fingerprint density at radius 1 is 1.42 bits per heavy atom. The summed E-state index contributed by atoms with van der Waals surface area (Å²) in [4.78, 5) is 11.7. The van der Waals surface area contributed by atoms with Gasteiger partial charge in [-0.3, -0.25) is 9.89 Å². The van der Waals surface area contributed by atoms with E-state index in [0.717, 1.165) is 12.1 Å². The van der Waals surface area contributed by atoms with E-state index in [1.165, 1.54) is 6.07 Å². The van der Waals surface area contributed by atoms with Gasteiger partial charge in [0.05, 0.1) is 17.8 Å². The molecule has 0 unspecified atom stereocenters. The van der Waals surface area contributed by atoms with Gasteiger partial charge in [-0.15, -0.1) is 0 Å².